The van der Waals surface area contributed by atoms with Crippen LogP contribution >= 0.6 is 0 Å². The molecule has 0 amide bonds. The average Bonchev–Trinajstić information content (AvgIpc) is 3.19. The number of hydrogen-bond acceptors (Lipinski definition) is 3. The summed E-state index contributed by atoms with van der Waals surface area (Å²) in [6, 6.07) is 14.5. The number of aromatic amines is 1. The van der Waals surface area contributed by atoms with Gasteiger partial charge in [-0.05, 0) is 17.7 Å². The van der Waals surface area contributed by atoms with Crippen molar-refractivity contribution in [3.05, 3.63) is 65.6 Å². The minimum Gasteiger partial charge on any atom is -0.361 e. The van der Waals surface area contributed by atoms with Gasteiger partial charge in [-0.25, -0.2) is 0 Å². The molecule has 2 heterocycles. The molecule has 0 unspecified atom stereocenters. The van der Waals surface area contributed by atoms with Crippen molar-refractivity contribution >= 4 is 11.3 Å². The fraction of sp³-hybridized carbons (Fsp3) is 0.350. The van der Waals surface area contributed by atoms with Gasteiger partial charge in [-0.2, -0.15) is 0 Å². The number of nitrogens with zero attached hydrogens (tertiary/aromatic N) is 1. The average molecular weight is 324 g/mol. The van der Waals surface area contributed by atoms with Gasteiger partial charge in [0.1, 0.15) is 0 Å². The maximum Gasteiger partial charge on any atom is 0.196 e. The van der Waals surface area contributed by atoms with Crippen LogP contribution in [0, 0.1) is 5.41 Å². The van der Waals surface area contributed by atoms with Crippen molar-refractivity contribution in [1.29, 1.82) is 0 Å². The van der Waals surface area contributed by atoms with Crippen molar-refractivity contribution in [1.82, 2.24) is 4.98 Å². The van der Waals surface area contributed by atoms with Gasteiger partial charge < -0.3 is 14.5 Å². The summed E-state index contributed by atoms with van der Waals surface area (Å²) in [4.78, 5) is 8.27. The lowest BCUT2D eigenvalue weighted by molar-refractivity contribution is -0.0532. The van der Waals surface area contributed by atoms with E-state index in [1.54, 1.807) is 14.2 Å². The first-order valence-corrected chi connectivity index (χ1v) is 8.14. The number of ether oxygens (including phenoxy) is 2. The van der Waals surface area contributed by atoms with Crippen molar-refractivity contribution in [3.8, 4) is 0 Å². The van der Waals surface area contributed by atoms with E-state index >= 15 is 0 Å². The van der Waals surface area contributed by atoms with Crippen LogP contribution in [0.3, 0.4) is 0 Å². The zero-order valence-corrected chi connectivity index (χ0v) is 14.7. The smallest absolute Gasteiger partial charge is 0.196 e. The van der Waals surface area contributed by atoms with E-state index in [2.05, 4.69) is 49.2 Å². The van der Waals surface area contributed by atoms with E-state index in [4.69, 9.17) is 14.5 Å². The first-order chi connectivity index (χ1) is 11.6. The third-order valence-corrected chi connectivity index (χ3v) is 4.39. The van der Waals surface area contributed by atoms with Crippen molar-refractivity contribution < 1.29 is 9.47 Å². The fourth-order valence-electron chi connectivity index (χ4n) is 3.28. The lowest BCUT2D eigenvalue weighted by Crippen LogP contribution is -2.25. The van der Waals surface area contributed by atoms with Crippen LogP contribution in [0.4, 0.5) is 0 Å². The largest absolute Gasteiger partial charge is 0.361 e. The van der Waals surface area contributed by atoms with E-state index < -0.39 is 6.29 Å². The second-order valence-electron chi connectivity index (χ2n) is 6.64. The molecule has 0 atom stereocenters. The Labute approximate surface area is 143 Å². The van der Waals surface area contributed by atoms with Crippen molar-refractivity contribution in [2.24, 2.45) is 10.4 Å². The van der Waals surface area contributed by atoms with Crippen molar-refractivity contribution in [3.63, 3.8) is 0 Å². The quantitative estimate of drug-likeness (QED) is 0.835. The highest BCUT2D eigenvalue weighted by Crippen LogP contribution is 2.44. The normalized spacial score (nSPS) is 18.8. The number of hydrogen-bond donors (Lipinski definition) is 1. The Morgan fingerprint density at radius 2 is 1.79 bits per heavy atom. The van der Waals surface area contributed by atoms with Crippen molar-refractivity contribution in [2.75, 3.05) is 14.2 Å². The molecular weight excluding hydrogens is 300 g/mol. The molecule has 4 nitrogen and oxygen atoms in total. The summed E-state index contributed by atoms with van der Waals surface area (Å²) in [7, 11) is 3.29. The Balaban J connectivity index is 2.20. The molecule has 0 saturated heterocycles. The van der Waals surface area contributed by atoms with Crippen molar-refractivity contribution in [2.45, 2.75) is 26.6 Å². The zero-order chi connectivity index (χ0) is 17.2. The maximum atomic E-state index is 5.42. The molecule has 1 aliphatic rings. The molecule has 126 valence electrons. The molecule has 1 N–H and O–H groups in total. The predicted molar refractivity (Wildman–Crippen MR) is 96.9 cm³/mol. The van der Waals surface area contributed by atoms with Crippen LogP contribution in [-0.4, -0.2) is 31.2 Å². The van der Waals surface area contributed by atoms with E-state index in [0.29, 0.717) is 0 Å². The van der Waals surface area contributed by atoms with Crippen LogP contribution in [0.1, 0.15) is 31.5 Å². The van der Waals surface area contributed by atoms with Gasteiger partial charge >= 0.3 is 0 Å². The number of aromatic nitrogens is 1. The van der Waals surface area contributed by atoms with Crippen LogP contribution in [0.15, 0.2) is 59.4 Å². The van der Waals surface area contributed by atoms with Crippen LogP contribution in [0.5, 0.6) is 0 Å². The third-order valence-electron chi connectivity index (χ3n) is 4.39. The summed E-state index contributed by atoms with van der Waals surface area (Å²) in [5.41, 5.74) is 5.25. The number of H-pyrrole nitrogens is 1. The van der Waals surface area contributed by atoms with E-state index in [1.807, 2.05) is 18.3 Å². The number of rotatable bonds is 5. The maximum absolute atomic E-state index is 5.42. The first kappa shape index (κ1) is 16.7. The Kier molecular flexibility index (Phi) is 4.69. The number of methoxy groups -OCH3 is 2. The lowest BCUT2D eigenvalue weighted by atomic mass is 9.82. The van der Waals surface area contributed by atoms with Crippen LogP contribution in [0.2, 0.25) is 0 Å². The molecule has 0 fully saturated rings. The van der Waals surface area contributed by atoms with Crippen LogP contribution in [-0.2, 0) is 9.47 Å². The van der Waals surface area contributed by atoms with E-state index in [9.17, 15) is 0 Å². The topological polar surface area (TPSA) is 46.6 Å². The van der Waals surface area contributed by atoms with Gasteiger partial charge in [-0.1, -0.05) is 44.2 Å². The molecule has 1 aromatic carbocycles. The lowest BCUT2D eigenvalue weighted by Gasteiger charge is -2.22. The number of allylic oxidation sites excluding steroid dienone is 1. The number of nitrogens with one attached hydrogen (secondary N) is 1. The molecule has 1 aliphatic heterocycles. The molecule has 0 radical (unpaired) electrons. The highest BCUT2D eigenvalue weighted by atomic mass is 16.7. The molecular formula is C20H24N2O2. The summed E-state index contributed by atoms with van der Waals surface area (Å²) in [6.45, 7) is 4.43. The second kappa shape index (κ2) is 6.75. The van der Waals surface area contributed by atoms with Crippen LogP contribution < -0.4 is 0 Å². The summed E-state index contributed by atoms with van der Waals surface area (Å²) in [5.74, 6) is 0. The molecule has 3 rings (SSSR count). The molecule has 0 spiro atoms. The summed E-state index contributed by atoms with van der Waals surface area (Å²) in [6.07, 6.45) is 2.35. The zero-order valence-electron chi connectivity index (χ0n) is 14.7. The van der Waals surface area contributed by atoms with E-state index in [-0.39, 0.29) is 5.41 Å². The van der Waals surface area contributed by atoms with Gasteiger partial charge in [0.15, 0.2) is 6.29 Å². The summed E-state index contributed by atoms with van der Waals surface area (Å²) >= 11 is 0. The molecule has 24 heavy (non-hydrogen) atoms. The molecule has 2 aromatic rings. The third kappa shape index (κ3) is 3.07. The highest BCUT2D eigenvalue weighted by molar-refractivity contribution is 5.95. The standard InChI is InChI=1S/C20H24N2O2/c1-20(2)13-16(19(23-3)24-4)22-18(20)17(15-11-8-12-21-15)14-9-6-5-7-10-14/h5-12,19,21H,13H2,1-4H3/b18-17+. The fourth-order valence-corrected chi connectivity index (χ4v) is 3.28. The predicted octanol–water partition coefficient (Wildman–Crippen LogP) is 4.26. The van der Waals surface area contributed by atoms with Gasteiger partial charge in [0.2, 0.25) is 0 Å². The molecule has 0 aliphatic carbocycles. The summed E-state index contributed by atoms with van der Waals surface area (Å²) in [5, 5.41) is 0. The second-order valence-corrected chi connectivity index (χ2v) is 6.64. The Hall–Kier alpha value is -2.17. The van der Waals surface area contributed by atoms with Gasteiger partial charge in [-0.3, -0.25) is 4.99 Å². The molecule has 4 heteroatoms. The molecule has 0 bridgehead atoms. The monoisotopic (exact) mass is 324 g/mol. The molecule has 1 aromatic heterocycles. The Morgan fingerprint density at radius 3 is 2.38 bits per heavy atom. The summed E-state index contributed by atoms with van der Waals surface area (Å²) < 4.78 is 10.8. The van der Waals surface area contributed by atoms with Gasteiger partial charge in [-0.15, -0.1) is 0 Å². The van der Waals surface area contributed by atoms with E-state index in [1.165, 1.54) is 0 Å². The van der Waals surface area contributed by atoms with Gasteiger partial charge in [0.05, 0.1) is 11.4 Å². The number of benzene rings is 1. The Morgan fingerprint density at radius 1 is 1.08 bits per heavy atom. The minimum atomic E-state index is -0.401. The molecule has 0 saturated carbocycles. The minimum absolute atomic E-state index is 0.0963. The van der Waals surface area contributed by atoms with Gasteiger partial charge in [0, 0.05) is 43.5 Å². The van der Waals surface area contributed by atoms with Gasteiger partial charge in [0.25, 0.3) is 0 Å². The van der Waals surface area contributed by atoms with Crippen LogP contribution in [0.25, 0.3) is 5.57 Å². The van der Waals surface area contributed by atoms with E-state index in [0.717, 1.165) is 34.7 Å². The first-order valence-electron chi connectivity index (χ1n) is 8.14. The highest BCUT2D eigenvalue weighted by Gasteiger charge is 2.37. The Bertz CT molecular complexity index is 739. The SMILES string of the molecule is COC(OC)C1=N/C(=C(\c2ccccc2)c2ccc[nH]2)C(C)(C)C1. The number of aliphatic imine (C=N–C) groups is 1.